The highest BCUT2D eigenvalue weighted by molar-refractivity contribution is 6.29. The lowest BCUT2D eigenvalue weighted by molar-refractivity contribution is 0.253. The highest BCUT2D eigenvalue weighted by Crippen LogP contribution is 2.15. The zero-order valence-electron chi connectivity index (χ0n) is 17.9. The van der Waals surface area contributed by atoms with Gasteiger partial charge in [0.15, 0.2) is 5.96 Å². The van der Waals surface area contributed by atoms with E-state index in [1.165, 1.54) is 18.7 Å². The van der Waals surface area contributed by atoms with Gasteiger partial charge in [-0.3, -0.25) is 9.89 Å². The molecule has 1 saturated heterocycles. The smallest absolute Gasteiger partial charge is 0.190 e. The Kier molecular flexibility index (Phi) is 9.25. The van der Waals surface area contributed by atoms with Crippen molar-refractivity contribution < 1.29 is 0 Å². The molecule has 3 rings (SSSR count). The predicted molar refractivity (Wildman–Crippen MR) is 127 cm³/mol. The number of anilines is 1. The zero-order chi connectivity index (χ0) is 21.0. The number of hydrogen-bond donors (Lipinski definition) is 2. The fraction of sp³-hybridized carbons (Fsp3) is 0.478. The molecule has 2 aromatic rings. The summed E-state index contributed by atoms with van der Waals surface area (Å²) in [6.07, 6.45) is 5.05. The minimum atomic E-state index is 0.530. The summed E-state index contributed by atoms with van der Waals surface area (Å²) in [5, 5.41) is 7.29. The van der Waals surface area contributed by atoms with Gasteiger partial charge in [-0.05, 0) is 49.6 Å². The standard InChI is InChI=1S/C23H33ClN6/c1-25-23(27-13-11-20-9-10-22(24)28-19-20)26-12-5-6-14-29-15-17-30(18-16-29)21-7-3-2-4-8-21/h2-4,7-10,19H,5-6,11-18H2,1H3,(H2,25,26,27). The van der Waals surface area contributed by atoms with Crippen molar-refractivity contribution >= 4 is 23.2 Å². The van der Waals surface area contributed by atoms with Crippen LogP contribution < -0.4 is 15.5 Å². The molecular formula is C23H33ClN6. The Morgan fingerprint density at radius 3 is 2.47 bits per heavy atom. The van der Waals surface area contributed by atoms with Gasteiger partial charge in [-0.15, -0.1) is 0 Å². The molecule has 162 valence electrons. The van der Waals surface area contributed by atoms with Gasteiger partial charge in [0.05, 0.1) is 0 Å². The van der Waals surface area contributed by atoms with Crippen LogP contribution in [0, 0.1) is 0 Å². The number of guanidine groups is 1. The van der Waals surface area contributed by atoms with Crippen LogP contribution in [0.3, 0.4) is 0 Å². The second-order valence-corrected chi connectivity index (χ2v) is 7.92. The van der Waals surface area contributed by atoms with Crippen LogP contribution in [-0.4, -0.2) is 68.7 Å². The molecule has 0 atom stereocenters. The maximum atomic E-state index is 5.82. The summed E-state index contributed by atoms with van der Waals surface area (Å²) < 4.78 is 0. The lowest BCUT2D eigenvalue weighted by atomic mass is 10.2. The molecule has 0 amide bonds. The molecular weight excluding hydrogens is 396 g/mol. The van der Waals surface area contributed by atoms with E-state index in [9.17, 15) is 0 Å². The number of unbranched alkanes of at least 4 members (excludes halogenated alkanes) is 1. The van der Waals surface area contributed by atoms with Crippen LogP contribution in [-0.2, 0) is 6.42 Å². The fourth-order valence-corrected chi connectivity index (χ4v) is 3.75. The molecule has 0 aliphatic carbocycles. The molecule has 1 aromatic heterocycles. The van der Waals surface area contributed by atoms with E-state index < -0.39 is 0 Å². The first-order valence-corrected chi connectivity index (χ1v) is 11.2. The Hall–Kier alpha value is -2.31. The number of para-hydroxylation sites is 1. The van der Waals surface area contributed by atoms with Gasteiger partial charge >= 0.3 is 0 Å². The van der Waals surface area contributed by atoms with Crippen LogP contribution in [0.25, 0.3) is 0 Å². The number of nitrogens with zero attached hydrogens (tertiary/aromatic N) is 4. The molecule has 2 N–H and O–H groups in total. The van der Waals surface area contributed by atoms with Crippen LogP contribution in [0.4, 0.5) is 5.69 Å². The quantitative estimate of drug-likeness (QED) is 0.278. The second-order valence-electron chi connectivity index (χ2n) is 7.54. The molecule has 7 heteroatoms. The van der Waals surface area contributed by atoms with Crippen molar-refractivity contribution in [3.8, 4) is 0 Å². The summed E-state index contributed by atoms with van der Waals surface area (Å²) in [7, 11) is 1.81. The van der Waals surface area contributed by atoms with Crippen LogP contribution in [0.15, 0.2) is 53.7 Å². The van der Waals surface area contributed by atoms with Crippen molar-refractivity contribution in [2.45, 2.75) is 19.3 Å². The Morgan fingerprint density at radius 1 is 1.00 bits per heavy atom. The van der Waals surface area contributed by atoms with Gasteiger partial charge < -0.3 is 15.5 Å². The van der Waals surface area contributed by atoms with E-state index in [1.807, 2.05) is 25.4 Å². The van der Waals surface area contributed by atoms with Crippen LogP contribution in [0.1, 0.15) is 18.4 Å². The van der Waals surface area contributed by atoms with Crippen molar-refractivity contribution in [1.29, 1.82) is 0 Å². The Morgan fingerprint density at radius 2 is 1.77 bits per heavy atom. The largest absolute Gasteiger partial charge is 0.369 e. The normalized spacial score (nSPS) is 15.3. The van der Waals surface area contributed by atoms with E-state index in [0.29, 0.717) is 5.15 Å². The van der Waals surface area contributed by atoms with Crippen LogP contribution in [0.2, 0.25) is 5.15 Å². The molecule has 2 heterocycles. The summed E-state index contributed by atoms with van der Waals surface area (Å²) in [4.78, 5) is 13.5. The number of pyridine rings is 1. The van der Waals surface area contributed by atoms with Gasteiger partial charge in [-0.2, -0.15) is 0 Å². The number of piperazine rings is 1. The average Bonchev–Trinajstić information content (AvgIpc) is 2.80. The highest BCUT2D eigenvalue weighted by Gasteiger charge is 2.16. The zero-order valence-corrected chi connectivity index (χ0v) is 18.6. The second kappa shape index (κ2) is 12.4. The van der Waals surface area contributed by atoms with Gasteiger partial charge in [0.2, 0.25) is 0 Å². The van der Waals surface area contributed by atoms with Crippen molar-refractivity contribution in [1.82, 2.24) is 20.5 Å². The molecule has 0 radical (unpaired) electrons. The number of nitrogens with one attached hydrogen (secondary N) is 2. The lowest BCUT2D eigenvalue weighted by Crippen LogP contribution is -2.46. The molecule has 1 fully saturated rings. The van der Waals surface area contributed by atoms with Gasteiger partial charge in [0.25, 0.3) is 0 Å². The number of benzene rings is 1. The summed E-state index contributed by atoms with van der Waals surface area (Å²) in [6.45, 7) is 7.43. The van der Waals surface area contributed by atoms with Gasteiger partial charge in [0.1, 0.15) is 5.15 Å². The number of hydrogen-bond acceptors (Lipinski definition) is 4. The van der Waals surface area contributed by atoms with E-state index in [4.69, 9.17) is 11.6 Å². The number of aliphatic imine (C=N–C) groups is 1. The minimum Gasteiger partial charge on any atom is -0.369 e. The van der Waals surface area contributed by atoms with Gasteiger partial charge in [0, 0.05) is 58.2 Å². The molecule has 1 aromatic carbocycles. The summed E-state index contributed by atoms with van der Waals surface area (Å²) in [5.41, 5.74) is 2.50. The topological polar surface area (TPSA) is 55.8 Å². The molecule has 30 heavy (non-hydrogen) atoms. The van der Waals surface area contributed by atoms with Gasteiger partial charge in [-0.25, -0.2) is 4.98 Å². The fourth-order valence-electron chi connectivity index (χ4n) is 3.64. The molecule has 0 bridgehead atoms. The summed E-state index contributed by atoms with van der Waals surface area (Å²) in [6, 6.07) is 14.6. The van der Waals surface area contributed by atoms with E-state index in [0.717, 1.165) is 63.6 Å². The molecule has 1 aliphatic heterocycles. The van der Waals surface area contributed by atoms with Crippen molar-refractivity contribution in [3.63, 3.8) is 0 Å². The molecule has 0 spiro atoms. The predicted octanol–water partition coefficient (Wildman–Crippen LogP) is 3.04. The van der Waals surface area contributed by atoms with E-state index in [-0.39, 0.29) is 0 Å². The Labute approximate surface area is 185 Å². The third-order valence-corrected chi connectivity index (χ3v) is 5.63. The third kappa shape index (κ3) is 7.50. The van der Waals surface area contributed by atoms with E-state index in [1.54, 1.807) is 0 Å². The number of rotatable bonds is 9. The maximum Gasteiger partial charge on any atom is 0.190 e. The van der Waals surface area contributed by atoms with E-state index >= 15 is 0 Å². The lowest BCUT2D eigenvalue weighted by Gasteiger charge is -2.36. The van der Waals surface area contributed by atoms with Crippen LogP contribution >= 0.6 is 11.6 Å². The molecule has 0 unspecified atom stereocenters. The Bertz CT molecular complexity index is 757. The average molecular weight is 429 g/mol. The Balaban J connectivity index is 1.23. The van der Waals surface area contributed by atoms with Crippen molar-refractivity contribution in [2.24, 2.45) is 4.99 Å². The number of aromatic nitrogens is 1. The SMILES string of the molecule is CN=C(NCCCCN1CCN(c2ccccc2)CC1)NCCc1ccc(Cl)nc1. The first-order chi connectivity index (χ1) is 14.7. The maximum absolute atomic E-state index is 5.82. The molecule has 6 nitrogen and oxygen atoms in total. The molecule has 1 aliphatic rings. The van der Waals surface area contributed by atoms with Gasteiger partial charge in [-0.1, -0.05) is 35.9 Å². The van der Waals surface area contributed by atoms with Crippen LogP contribution in [0.5, 0.6) is 0 Å². The van der Waals surface area contributed by atoms with E-state index in [2.05, 4.69) is 60.7 Å². The summed E-state index contributed by atoms with van der Waals surface area (Å²) >= 11 is 5.82. The van der Waals surface area contributed by atoms with Crippen molar-refractivity contribution in [3.05, 3.63) is 59.4 Å². The van der Waals surface area contributed by atoms with Crippen molar-refractivity contribution in [2.75, 3.05) is 57.8 Å². The molecule has 0 saturated carbocycles. The number of halogens is 1. The summed E-state index contributed by atoms with van der Waals surface area (Å²) in [5.74, 6) is 0.855. The minimum absolute atomic E-state index is 0.530. The monoisotopic (exact) mass is 428 g/mol. The first kappa shape index (κ1) is 22.4. The third-order valence-electron chi connectivity index (χ3n) is 5.41. The highest BCUT2D eigenvalue weighted by atomic mass is 35.5. The first-order valence-electron chi connectivity index (χ1n) is 10.8.